The molecule has 3 rings (SSSR count). The van der Waals surface area contributed by atoms with Gasteiger partial charge in [-0.25, -0.2) is 13.6 Å². The van der Waals surface area contributed by atoms with Gasteiger partial charge in [0, 0.05) is 11.0 Å². The summed E-state index contributed by atoms with van der Waals surface area (Å²) in [6, 6.07) is 9.41. The molecule has 0 aromatic heterocycles. The van der Waals surface area contributed by atoms with Crippen LogP contribution in [-0.2, 0) is 11.2 Å². The van der Waals surface area contributed by atoms with E-state index >= 15 is 0 Å². The third-order valence-electron chi connectivity index (χ3n) is 4.28. The number of amides is 1. The highest BCUT2D eigenvalue weighted by atomic mass is 19.2. The number of primary amides is 1. The molecule has 0 heterocycles. The Morgan fingerprint density at radius 3 is 2.70 bits per heavy atom. The predicted octanol–water partition coefficient (Wildman–Crippen LogP) is 4.35. The smallest absolute Gasteiger partial charge is 0.405 e. The number of halogens is 2. The first-order chi connectivity index (χ1) is 10.8. The van der Waals surface area contributed by atoms with Gasteiger partial charge in [0.2, 0.25) is 0 Å². The summed E-state index contributed by atoms with van der Waals surface area (Å²) in [5.41, 5.74) is 7.38. The number of rotatable bonds is 2. The molecule has 0 bridgehead atoms. The number of carbonyl (C=O) groups excluding carboxylic acids is 1. The average Bonchev–Trinajstić information content (AvgIpc) is 2.72. The maximum Gasteiger partial charge on any atom is 0.405 e. The number of benzene rings is 2. The second kappa shape index (κ2) is 5.33. The average molecular weight is 317 g/mol. The normalized spacial score (nSPS) is 18.5. The fourth-order valence-corrected chi connectivity index (χ4v) is 3.24. The van der Waals surface area contributed by atoms with Gasteiger partial charge in [0.1, 0.15) is 6.10 Å². The molecule has 2 aromatic rings. The van der Waals surface area contributed by atoms with E-state index in [-0.39, 0.29) is 11.0 Å². The van der Waals surface area contributed by atoms with Gasteiger partial charge in [-0.1, -0.05) is 38.1 Å². The summed E-state index contributed by atoms with van der Waals surface area (Å²) in [5.74, 6) is -1.79. The first kappa shape index (κ1) is 15.5. The third-order valence-corrected chi connectivity index (χ3v) is 4.28. The molecule has 1 atom stereocenters. The molecule has 1 aliphatic carbocycles. The zero-order valence-corrected chi connectivity index (χ0v) is 12.9. The van der Waals surface area contributed by atoms with Crippen molar-refractivity contribution >= 4 is 6.09 Å². The van der Waals surface area contributed by atoms with Gasteiger partial charge in [0.05, 0.1) is 0 Å². The van der Waals surface area contributed by atoms with Crippen LogP contribution in [0, 0.1) is 17.0 Å². The van der Waals surface area contributed by atoms with Crippen LogP contribution in [0.3, 0.4) is 0 Å². The van der Waals surface area contributed by atoms with Crippen molar-refractivity contribution in [1.82, 2.24) is 0 Å². The van der Waals surface area contributed by atoms with Crippen LogP contribution in [0.15, 0.2) is 36.4 Å². The highest BCUT2D eigenvalue weighted by Gasteiger charge is 2.41. The summed E-state index contributed by atoms with van der Waals surface area (Å²) in [7, 11) is 0. The van der Waals surface area contributed by atoms with Gasteiger partial charge in [-0.3, -0.25) is 0 Å². The topological polar surface area (TPSA) is 52.3 Å². The molecule has 0 radical (unpaired) electrons. The molecule has 3 nitrogen and oxygen atoms in total. The van der Waals surface area contributed by atoms with Gasteiger partial charge in [-0.05, 0) is 35.2 Å². The first-order valence-corrected chi connectivity index (χ1v) is 7.33. The molecule has 1 amide bonds. The lowest BCUT2D eigenvalue weighted by Gasteiger charge is -2.26. The van der Waals surface area contributed by atoms with E-state index in [9.17, 15) is 13.6 Å². The second-order valence-corrected chi connectivity index (χ2v) is 6.50. The lowest BCUT2D eigenvalue weighted by Crippen LogP contribution is -2.25. The van der Waals surface area contributed by atoms with Gasteiger partial charge in [0.15, 0.2) is 11.6 Å². The van der Waals surface area contributed by atoms with Crippen LogP contribution >= 0.6 is 0 Å². The Morgan fingerprint density at radius 1 is 1.26 bits per heavy atom. The lowest BCUT2D eigenvalue weighted by molar-refractivity contribution is 0.0392. The first-order valence-electron chi connectivity index (χ1n) is 7.33. The SMILES string of the molecule is CC1(C)Cc2ccc(-c3cccc(F)c3F)cc2C1OC(N)=O. The van der Waals surface area contributed by atoms with Crippen molar-refractivity contribution < 1.29 is 18.3 Å². The molecule has 0 spiro atoms. The Labute approximate surface area is 133 Å². The van der Waals surface area contributed by atoms with Crippen molar-refractivity contribution in [2.45, 2.75) is 26.4 Å². The molecule has 0 fully saturated rings. The van der Waals surface area contributed by atoms with E-state index in [4.69, 9.17) is 10.5 Å². The Balaban J connectivity index is 2.09. The molecular formula is C18H17F2NO2. The number of hydrogen-bond acceptors (Lipinski definition) is 2. The van der Waals surface area contributed by atoms with E-state index in [0.29, 0.717) is 12.0 Å². The van der Waals surface area contributed by atoms with Gasteiger partial charge in [-0.15, -0.1) is 0 Å². The number of fused-ring (bicyclic) bond motifs is 1. The highest BCUT2D eigenvalue weighted by molar-refractivity contribution is 5.68. The minimum absolute atomic E-state index is 0.176. The molecule has 2 aromatic carbocycles. The summed E-state index contributed by atoms with van der Waals surface area (Å²) in [5, 5.41) is 0. The van der Waals surface area contributed by atoms with Gasteiger partial charge >= 0.3 is 6.09 Å². The molecule has 2 N–H and O–H groups in total. The quantitative estimate of drug-likeness (QED) is 0.895. The van der Waals surface area contributed by atoms with E-state index in [1.807, 2.05) is 19.9 Å². The minimum Gasteiger partial charge on any atom is -0.441 e. The molecule has 1 aliphatic rings. The van der Waals surface area contributed by atoms with Gasteiger partial charge in [0.25, 0.3) is 0 Å². The zero-order valence-electron chi connectivity index (χ0n) is 12.9. The number of nitrogens with two attached hydrogens (primary N) is 1. The maximum absolute atomic E-state index is 14.0. The van der Waals surface area contributed by atoms with Gasteiger partial charge < -0.3 is 10.5 Å². The van der Waals surface area contributed by atoms with Crippen LogP contribution in [0.5, 0.6) is 0 Å². The van der Waals surface area contributed by atoms with Crippen molar-refractivity contribution in [1.29, 1.82) is 0 Å². The van der Waals surface area contributed by atoms with Crippen molar-refractivity contribution in [2.75, 3.05) is 0 Å². The number of ether oxygens (including phenoxy) is 1. The predicted molar refractivity (Wildman–Crippen MR) is 82.7 cm³/mol. The van der Waals surface area contributed by atoms with Crippen LogP contribution in [0.1, 0.15) is 31.1 Å². The Morgan fingerprint density at radius 2 is 2.00 bits per heavy atom. The molecule has 5 heteroatoms. The Bertz CT molecular complexity index is 787. The molecule has 1 unspecified atom stereocenters. The largest absolute Gasteiger partial charge is 0.441 e. The van der Waals surface area contributed by atoms with Crippen molar-refractivity contribution in [3.63, 3.8) is 0 Å². The van der Waals surface area contributed by atoms with E-state index in [1.54, 1.807) is 12.1 Å². The number of carbonyl (C=O) groups is 1. The zero-order chi connectivity index (χ0) is 16.8. The van der Waals surface area contributed by atoms with Gasteiger partial charge in [-0.2, -0.15) is 0 Å². The summed E-state index contributed by atoms with van der Waals surface area (Å²) >= 11 is 0. The van der Waals surface area contributed by atoms with Crippen LogP contribution in [-0.4, -0.2) is 6.09 Å². The number of hydrogen-bond donors (Lipinski definition) is 1. The van der Waals surface area contributed by atoms with Crippen molar-refractivity contribution in [3.05, 3.63) is 59.2 Å². The summed E-state index contributed by atoms with van der Waals surface area (Å²) in [6.45, 7) is 3.95. The second-order valence-electron chi connectivity index (χ2n) is 6.50. The molecule has 0 saturated carbocycles. The molecule has 0 aliphatic heterocycles. The van der Waals surface area contributed by atoms with E-state index < -0.39 is 23.8 Å². The van der Waals surface area contributed by atoms with Crippen molar-refractivity contribution in [3.8, 4) is 11.1 Å². The van der Waals surface area contributed by atoms with E-state index in [0.717, 1.165) is 17.2 Å². The standard InChI is InChI=1S/C18H17F2NO2/c1-18(2)9-11-7-6-10(8-13(11)16(18)23-17(21)22)12-4-3-5-14(19)15(12)20/h3-8,16H,9H2,1-2H3,(H2,21,22). The fourth-order valence-electron chi connectivity index (χ4n) is 3.24. The van der Waals surface area contributed by atoms with E-state index in [1.165, 1.54) is 12.1 Å². The lowest BCUT2D eigenvalue weighted by atomic mass is 9.87. The van der Waals surface area contributed by atoms with Crippen LogP contribution in [0.25, 0.3) is 11.1 Å². The summed E-state index contributed by atoms with van der Waals surface area (Å²) < 4.78 is 32.7. The summed E-state index contributed by atoms with van der Waals surface area (Å²) in [4.78, 5) is 11.2. The molecular weight excluding hydrogens is 300 g/mol. The van der Waals surface area contributed by atoms with Crippen molar-refractivity contribution in [2.24, 2.45) is 11.1 Å². The highest BCUT2D eigenvalue weighted by Crippen LogP contribution is 2.48. The molecule has 23 heavy (non-hydrogen) atoms. The minimum atomic E-state index is -0.895. The monoisotopic (exact) mass is 317 g/mol. The fraction of sp³-hybridized carbons (Fsp3) is 0.278. The maximum atomic E-state index is 14.0. The Kier molecular flexibility index (Phi) is 3.59. The third kappa shape index (κ3) is 2.67. The van der Waals surface area contributed by atoms with Crippen LogP contribution in [0.4, 0.5) is 13.6 Å². The van der Waals surface area contributed by atoms with Crippen LogP contribution in [0.2, 0.25) is 0 Å². The summed E-state index contributed by atoms with van der Waals surface area (Å²) in [6.07, 6.45) is -0.642. The molecule has 0 saturated heterocycles. The van der Waals surface area contributed by atoms with E-state index in [2.05, 4.69) is 0 Å². The Hall–Kier alpha value is -2.43. The molecule has 120 valence electrons. The van der Waals surface area contributed by atoms with Crippen LogP contribution < -0.4 is 5.73 Å².